The third kappa shape index (κ3) is 1.99. The molecule has 7 heteroatoms. The maximum absolute atomic E-state index is 12.5. The molecule has 110 valence electrons. The van der Waals surface area contributed by atoms with E-state index < -0.39 is 11.5 Å². The number of rotatable bonds is 2. The topological polar surface area (TPSA) is 77.8 Å². The van der Waals surface area contributed by atoms with Crippen LogP contribution in [-0.4, -0.2) is 28.9 Å². The van der Waals surface area contributed by atoms with E-state index in [-0.39, 0.29) is 17.9 Å². The third-order valence-electron chi connectivity index (χ3n) is 3.35. The summed E-state index contributed by atoms with van der Waals surface area (Å²) < 4.78 is 12.5. The number of benzene rings is 1. The summed E-state index contributed by atoms with van der Waals surface area (Å²) in [5.41, 5.74) is -0.424. The zero-order chi connectivity index (χ0) is 15.1. The monoisotopic (exact) mass is 353 g/mol. The van der Waals surface area contributed by atoms with Gasteiger partial charge in [-0.15, -0.1) is 0 Å². The zero-order valence-corrected chi connectivity index (χ0v) is 12.8. The average molecular weight is 354 g/mol. The van der Waals surface area contributed by atoms with Gasteiger partial charge < -0.3 is 19.1 Å². The molecule has 1 aromatic carbocycles. The van der Waals surface area contributed by atoms with Crippen molar-refractivity contribution < 1.29 is 19.4 Å². The summed E-state index contributed by atoms with van der Waals surface area (Å²) in [6.45, 7) is 2.40. The second-order valence-corrected chi connectivity index (χ2v) is 5.38. The van der Waals surface area contributed by atoms with Gasteiger partial charge in [-0.1, -0.05) is 0 Å². The van der Waals surface area contributed by atoms with Gasteiger partial charge in [0.2, 0.25) is 0 Å². The van der Waals surface area contributed by atoms with Gasteiger partial charge in [-0.05, 0) is 35.0 Å². The van der Waals surface area contributed by atoms with E-state index in [1.807, 2.05) is 0 Å². The fraction of sp³-hybridized carbons (Fsp3) is 0.286. The molecular weight excluding hydrogens is 342 g/mol. The SMILES string of the molecule is CCOC(=O)c1c(O)c2ccc(Br)c3c2n(c1=O)CCO3. The lowest BCUT2D eigenvalue weighted by Gasteiger charge is -2.22. The molecule has 1 aromatic heterocycles. The largest absolute Gasteiger partial charge is 0.506 e. The second-order valence-electron chi connectivity index (χ2n) is 4.52. The highest BCUT2D eigenvalue weighted by atomic mass is 79.9. The Morgan fingerprint density at radius 1 is 1.52 bits per heavy atom. The fourth-order valence-corrected chi connectivity index (χ4v) is 2.89. The number of nitrogens with zero attached hydrogens (tertiary/aromatic N) is 1. The standard InChI is InChI=1S/C14H12BrNO5/c1-2-20-14(19)9-11(17)7-3-4-8(15)12-10(7)16(13(9)18)5-6-21-12/h3-4,17H,2,5-6H2,1H3. The molecular formula is C14H12BrNO5. The Labute approximate surface area is 128 Å². The average Bonchev–Trinajstić information content (AvgIpc) is 2.46. The van der Waals surface area contributed by atoms with E-state index in [4.69, 9.17) is 9.47 Å². The number of aromatic nitrogens is 1. The van der Waals surface area contributed by atoms with Gasteiger partial charge in [0.1, 0.15) is 12.4 Å². The van der Waals surface area contributed by atoms with Crippen LogP contribution in [0.4, 0.5) is 0 Å². The van der Waals surface area contributed by atoms with Crippen LogP contribution in [0.5, 0.6) is 11.5 Å². The van der Waals surface area contributed by atoms with E-state index in [0.29, 0.717) is 34.3 Å². The molecule has 0 atom stereocenters. The molecule has 0 spiro atoms. The summed E-state index contributed by atoms with van der Waals surface area (Å²) >= 11 is 3.35. The van der Waals surface area contributed by atoms with Crippen LogP contribution in [0, 0.1) is 0 Å². The highest BCUT2D eigenvalue weighted by Gasteiger charge is 2.27. The number of carbonyl (C=O) groups is 1. The Morgan fingerprint density at radius 2 is 2.29 bits per heavy atom. The Morgan fingerprint density at radius 3 is 3.00 bits per heavy atom. The predicted molar refractivity (Wildman–Crippen MR) is 79.0 cm³/mol. The van der Waals surface area contributed by atoms with Crippen molar-refractivity contribution in [3.8, 4) is 11.5 Å². The molecule has 6 nitrogen and oxygen atoms in total. The molecule has 0 fully saturated rings. The van der Waals surface area contributed by atoms with Crippen LogP contribution in [0.1, 0.15) is 17.3 Å². The molecule has 3 rings (SSSR count). The van der Waals surface area contributed by atoms with Gasteiger partial charge in [-0.25, -0.2) is 4.79 Å². The minimum absolute atomic E-state index is 0.129. The minimum atomic E-state index is -0.818. The van der Waals surface area contributed by atoms with Gasteiger partial charge in [-0.2, -0.15) is 0 Å². The van der Waals surface area contributed by atoms with Crippen molar-refractivity contribution in [3.05, 3.63) is 32.5 Å². The van der Waals surface area contributed by atoms with Crippen LogP contribution in [0.25, 0.3) is 10.9 Å². The first-order valence-corrected chi connectivity index (χ1v) is 7.23. The smallest absolute Gasteiger partial charge is 0.347 e. The number of hydrogen-bond donors (Lipinski definition) is 1. The molecule has 0 saturated heterocycles. The summed E-state index contributed by atoms with van der Waals surface area (Å²) in [7, 11) is 0. The van der Waals surface area contributed by atoms with Crippen molar-refractivity contribution in [1.29, 1.82) is 0 Å². The van der Waals surface area contributed by atoms with Crippen molar-refractivity contribution in [2.45, 2.75) is 13.5 Å². The molecule has 0 saturated carbocycles. The van der Waals surface area contributed by atoms with Crippen molar-refractivity contribution >= 4 is 32.8 Å². The maximum Gasteiger partial charge on any atom is 0.347 e. The third-order valence-corrected chi connectivity index (χ3v) is 3.97. The second kappa shape index (κ2) is 5.07. The van der Waals surface area contributed by atoms with Gasteiger partial charge >= 0.3 is 5.97 Å². The number of aromatic hydroxyl groups is 1. The maximum atomic E-state index is 12.5. The van der Waals surface area contributed by atoms with Gasteiger partial charge in [-0.3, -0.25) is 4.79 Å². The lowest BCUT2D eigenvalue weighted by Crippen LogP contribution is -2.32. The van der Waals surface area contributed by atoms with Crippen molar-refractivity contribution in [2.24, 2.45) is 0 Å². The summed E-state index contributed by atoms with van der Waals surface area (Å²) in [6, 6.07) is 3.33. The van der Waals surface area contributed by atoms with Crippen molar-refractivity contribution in [3.63, 3.8) is 0 Å². The number of pyridine rings is 1. The number of ether oxygens (including phenoxy) is 2. The Kier molecular flexibility index (Phi) is 3.36. The molecule has 1 N–H and O–H groups in total. The van der Waals surface area contributed by atoms with Gasteiger partial charge in [0, 0.05) is 5.39 Å². The number of carbonyl (C=O) groups excluding carboxylic acids is 1. The van der Waals surface area contributed by atoms with E-state index in [2.05, 4.69) is 15.9 Å². The molecule has 0 aliphatic carbocycles. The summed E-state index contributed by atoms with van der Waals surface area (Å²) in [5, 5.41) is 10.7. The van der Waals surface area contributed by atoms with Crippen LogP contribution in [0.3, 0.4) is 0 Å². The van der Waals surface area contributed by atoms with Gasteiger partial charge in [0.05, 0.1) is 23.1 Å². The van der Waals surface area contributed by atoms with E-state index in [1.54, 1.807) is 19.1 Å². The van der Waals surface area contributed by atoms with Crippen LogP contribution >= 0.6 is 15.9 Å². The summed E-state index contributed by atoms with van der Waals surface area (Å²) in [6.07, 6.45) is 0. The highest BCUT2D eigenvalue weighted by molar-refractivity contribution is 9.10. The Bertz CT molecular complexity index is 811. The molecule has 1 aliphatic heterocycles. The molecule has 0 radical (unpaired) electrons. The molecule has 2 heterocycles. The van der Waals surface area contributed by atoms with E-state index in [1.165, 1.54) is 4.57 Å². The Balaban J connectivity index is 2.43. The first kappa shape index (κ1) is 13.9. The molecule has 0 bridgehead atoms. The molecule has 21 heavy (non-hydrogen) atoms. The van der Waals surface area contributed by atoms with Crippen LogP contribution in [0.15, 0.2) is 21.4 Å². The van der Waals surface area contributed by atoms with E-state index in [0.717, 1.165) is 0 Å². The summed E-state index contributed by atoms with van der Waals surface area (Å²) in [4.78, 5) is 24.4. The van der Waals surface area contributed by atoms with Crippen LogP contribution in [0.2, 0.25) is 0 Å². The fourth-order valence-electron chi connectivity index (χ4n) is 2.45. The number of esters is 1. The number of hydrogen-bond acceptors (Lipinski definition) is 5. The first-order chi connectivity index (χ1) is 10.1. The molecule has 1 aliphatic rings. The minimum Gasteiger partial charge on any atom is -0.506 e. The lowest BCUT2D eigenvalue weighted by molar-refractivity contribution is 0.0520. The van der Waals surface area contributed by atoms with Gasteiger partial charge in [0.25, 0.3) is 5.56 Å². The zero-order valence-electron chi connectivity index (χ0n) is 11.2. The first-order valence-electron chi connectivity index (χ1n) is 6.44. The lowest BCUT2D eigenvalue weighted by atomic mass is 10.1. The van der Waals surface area contributed by atoms with Crippen molar-refractivity contribution in [2.75, 3.05) is 13.2 Å². The normalized spacial score (nSPS) is 13.0. The molecule has 0 amide bonds. The highest BCUT2D eigenvalue weighted by Crippen LogP contribution is 2.39. The molecule has 0 unspecified atom stereocenters. The quantitative estimate of drug-likeness (QED) is 0.836. The van der Waals surface area contributed by atoms with Crippen molar-refractivity contribution in [1.82, 2.24) is 4.57 Å². The Hall–Kier alpha value is -2.02. The van der Waals surface area contributed by atoms with E-state index >= 15 is 0 Å². The van der Waals surface area contributed by atoms with Crippen LogP contribution in [-0.2, 0) is 11.3 Å². The molecule has 2 aromatic rings. The summed E-state index contributed by atoms with van der Waals surface area (Å²) in [5.74, 6) is -0.702. The number of halogens is 1. The predicted octanol–water partition coefficient (Wildman–Crippen LogP) is 2.04. The van der Waals surface area contributed by atoms with E-state index in [9.17, 15) is 14.7 Å². The van der Waals surface area contributed by atoms with Crippen LogP contribution < -0.4 is 10.3 Å². The van der Waals surface area contributed by atoms with Gasteiger partial charge in [0.15, 0.2) is 11.3 Å².